The molecule has 0 aliphatic heterocycles. The molecule has 2 heterocycles. The van der Waals surface area contributed by atoms with E-state index in [1.165, 1.54) is 12.5 Å². The molecular weight excluding hydrogens is 380 g/mol. The van der Waals surface area contributed by atoms with Gasteiger partial charge in [-0.2, -0.15) is 10.3 Å². The molecule has 2 rings (SSSR count). The fraction of sp³-hybridized carbons (Fsp3) is 0.700. The van der Waals surface area contributed by atoms with Crippen molar-refractivity contribution < 1.29 is 13.3 Å². The number of hydrogen-bond donors (Lipinski definition) is 2. The number of H-pyrrole nitrogens is 2. The highest BCUT2D eigenvalue weighted by Crippen LogP contribution is 2.27. The van der Waals surface area contributed by atoms with Crippen molar-refractivity contribution in [1.29, 1.82) is 0 Å². The smallest absolute Gasteiger partial charge is 0.283 e. The van der Waals surface area contributed by atoms with Crippen molar-refractivity contribution in [2.45, 2.75) is 77.0 Å². The quantitative estimate of drug-likeness (QED) is 0.518. The van der Waals surface area contributed by atoms with Gasteiger partial charge >= 0.3 is 0 Å². The molecule has 7 nitrogen and oxygen atoms in total. The Morgan fingerprint density at radius 2 is 1.18 bits per heavy atom. The number of rotatable bonds is 12. The molecule has 0 unspecified atom stereocenters. The summed E-state index contributed by atoms with van der Waals surface area (Å²) in [5.74, 6) is 1.37. The number of unbranched alkanes of at least 4 members (excludes halogenated alkanes) is 2. The Bertz CT molecular complexity index is 801. The van der Waals surface area contributed by atoms with Crippen LogP contribution < -0.4 is 11.1 Å². The van der Waals surface area contributed by atoms with Gasteiger partial charge in [0, 0.05) is 22.3 Å². The Hall–Kier alpha value is -1.83. The van der Waals surface area contributed by atoms with Crippen LogP contribution in [0.1, 0.15) is 77.3 Å². The molecule has 8 heteroatoms. The summed E-state index contributed by atoms with van der Waals surface area (Å²) in [4.78, 5) is 23.4. The van der Waals surface area contributed by atoms with E-state index in [0.29, 0.717) is 22.6 Å². The lowest BCUT2D eigenvalue weighted by atomic mass is 9.82. The normalized spacial score (nSPS) is 12.8. The van der Waals surface area contributed by atoms with Crippen molar-refractivity contribution in [2.24, 2.45) is 0 Å². The van der Waals surface area contributed by atoms with Gasteiger partial charge in [-0.1, -0.05) is 40.5 Å². The lowest BCUT2D eigenvalue weighted by molar-refractivity contribution is 0.407. The van der Waals surface area contributed by atoms with Crippen molar-refractivity contribution in [2.75, 3.05) is 11.5 Å². The molecule has 28 heavy (non-hydrogen) atoms. The van der Waals surface area contributed by atoms with Gasteiger partial charge in [0.25, 0.3) is 11.1 Å². The van der Waals surface area contributed by atoms with Crippen molar-refractivity contribution >= 4 is 10.8 Å². The van der Waals surface area contributed by atoms with Gasteiger partial charge in [-0.25, -0.2) is 0 Å². The molecule has 0 aromatic carbocycles. The second kappa shape index (κ2) is 9.58. The minimum atomic E-state index is -0.832. The maximum Gasteiger partial charge on any atom is 0.283 e. The predicted octanol–water partition coefficient (Wildman–Crippen LogP) is 3.59. The van der Waals surface area contributed by atoms with E-state index in [4.69, 9.17) is 9.05 Å². The first-order chi connectivity index (χ1) is 13.1. The molecule has 0 aliphatic rings. The zero-order chi connectivity index (χ0) is 20.8. The molecule has 0 bridgehead atoms. The van der Waals surface area contributed by atoms with E-state index in [1.54, 1.807) is 0 Å². The summed E-state index contributed by atoms with van der Waals surface area (Å²) in [5, 5.41) is 4.66. The summed E-state index contributed by atoms with van der Waals surface area (Å²) in [6.07, 6.45) is 8.25. The molecule has 158 valence electrons. The Balaban J connectivity index is 1.63. The third-order valence-electron chi connectivity index (χ3n) is 5.45. The third-order valence-corrected chi connectivity index (χ3v) is 6.94. The summed E-state index contributed by atoms with van der Waals surface area (Å²) in [7, 11) is -0.832. The number of hydrogen-bond acceptors (Lipinski definition) is 5. The zero-order valence-corrected chi connectivity index (χ0v) is 18.1. The van der Waals surface area contributed by atoms with Gasteiger partial charge in [0.05, 0.1) is 11.1 Å². The van der Waals surface area contributed by atoms with Gasteiger partial charge in [0.1, 0.15) is 12.5 Å². The van der Waals surface area contributed by atoms with Crippen LogP contribution in [0, 0.1) is 0 Å². The predicted molar refractivity (Wildman–Crippen MR) is 110 cm³/mol. The molecule has 2 aromatic heterocycles. The van der Waals surface area contributed by atoms with Crippen molar-refractivity contribution in [3.05, 3.63) is 44.4 Å². The van der Waals surface area contributed by atoms with Crippen LogP contribution in [0.3, 0.4) is 0 Å². The van der Waals surface area contributed by atoms with Crippen LogP contribution in [0.5, 0.6) is 0 Å². The standard InChI is InChI=1S/C20H32N2O5S/c1-19(2,15-13-26-21-17(15)23)9-5-7-11-28(25)12-8-6-10-20(3,4)16-14-27-22-18(16)24/h13-14H,5-12H2,1-4H3,(H,21,23)(H,22,24). The summed E-state index contributed by atoms with van der Waals surface area (Å²) in [6.45, 7) is 8.10. The second-order valence-corrected chi connectivity index (χ2v) is 10.4. The molecule has 2 aromatic rings. The Morgan fingerprint density at radius 1 is 0.786 bits per heavy atom. The van der Waals surface area contributed by atoms with Gasteiger partial charge in [0.2, 0.25) is 0 Å². The SMILES string of the molecule is CC(C)(CCCCS(=O)CCCCC(C)(C)c1co[nH]c1=O)c1co[nH]c1=O. The van der Waals surface area contributed by atoms with Gasteiger partial charge in [-0.3, -0.25) is 13.8 Å². The monoisotopic (exact) mass is 412 g/mol. The highest BCUT2D eigenvalue weighted by atomic mass is 32.2. The topological polar surface area (TPSA) is 109 Å². The first kappa shape index (κ1) is 22.5. The Kier molecular flexibility index (Phi) is 7.69. The van der Waals surface area contributed by atoms with Crippen LogP contribution in [0.25, 0.3) is 0 Å². The molecule has 0 atom stereocenters. The maximum absolute atomic E-state index is 12.2. The Morgan fingerprint density at radius 3 is 1.50 bits per heavy atom. The van der Waals surface area contributed by atoms with Crippen molar-refractivity contribution in [1.82, 2.24) is 10.3 Å². The van der Waals surface area contributed by atoms with Gasteiger partial charge in [-0.15, -0.1) is 0 Å². The Labute approximate surface area is 167 Å². The molecule has 0 spiro atoms. The van der Waals surface area contributed by atoms with E-state index < -0.39 is 10.8 Å². The molecule has 0 aliphatic carbocycles. The first-order valence-corrected chi connectivity index (χ1v) is 11.3. The van der Waals surface area contributed by atoms with Crippen LogP contribution in [0.2, 0.25) is 0 Å². The summed E-state index contributed by atoms with van der Waals surface area (Å²) in [5.41, 5.74) is 0.472. The second-order valence-electron chi connectivity index (χ2n) is 8.69. The van der Waals surface area contributed by atoms with Crippen LogP contribution in [0.15, 0.2) is 31.2 Å². The minimum absolute atomic E-state index is 0.172. The molecular formula is C20H32N2O5S. The highest BCUT2D eigenvalue weighted by Gasteiger charge is 2.26. The average molecular weight is 413 g/mol. The van der Waals surface area contributed by atoms with Crippen LogP contribution >= 0.6 is 0 Å². The van der Waals surface area contributed by atoms with Gasteiger partial charge in [0.15, 0.2) is 0 Å². The number of aromatic amines is 2. The fourth-order valence-electron chi connectivity index (χ4n) is 3.47. The van der Waals surface area contributed by atoms with Crippen molar-refractivity contribution in [3.8, 4) is 0 Å². The van der Waals surface area contributed by atoms with Crippen LogP contribution in [-0.2, 0) is 21.6 Å². The lowest BCUT2D eigenvalue weighted by Gasteiger charge is -2.22. The first-order valence-electron chi connectivity index (χ1n) is 9.82. The van der Waals surface area contributed by atoms with Gasteiger partial charge in [-0.05, 0) is 36.5 Å². The zero-order valence-electron chi connectivity index (χ0n) is 17.3. The minimum Gasteiger partial charge on any atom is -0.387 e. The maximum atomic E-state index is 12.2. The van der Waals surface area contributed by atoms with Crippen LogP contribution in [-0.4, -0.2) is 26.0 Å². The summed E-state index contributed by atoms with van der Waals surface area (Å²) < 4.78 is 22.0. The fourth-order valence-corrected chi connectivity index (χ4v) is 4.72. The van der Waals surface area contributed by atoms with Crippen LogP contribution in [0.4, 0.5) is 0 Å². The van der Waals surface area contributed by atoms with Gasteiger partial charge < -0.3 is 9.05 Å². The molecule has 2 N–H and O–H groups in total. The average Bonchev–Trinajstić information content (AvgIpc) is 3.24. The van der Waals surface area contributed by atoms with E-state index in [2.05, 4.69) is 10.3 Å². The largest absolute Gasteiger partial charge is 0.387 e. The van der Waals surface area contributed by atoms with Crippen molar-refractivity contribution in [3.63, 3.8) is 0 Å². The lowest BCUT2D eigenvalue weighted by Crippen LogP contribution is -2.24. The van der Waals surface area contributed by atoms with E-state index in [-0.39, 0.29) is 21.9 Å². The third kappa shape index (κ3) is 6.09. The molecule has 0 saturated carbocycles. The van der Waals surface area contributed by atoms with E-state index in [0.717, 1.165) is 38.5 Å². The number of aromatic nitrogens is 2. The van der Waals surface area contributed by atoms with E-state index in [9.17, 15) is 13.8 Å². The van der Waals surface area contributed by atoms with E-state index >= 15 is 0 Å². The summed E-state index contributed by atoms with van der Waals surface area (Å²) in [6, 6.07) is 0. The summed E-state index contributed by atoms with van der Waals surface area (Å²) >= 11 is 0. The van der Waals surface area contributed by atoms with E-state index in [1.807, 2.05) is 27.7 Å². The highest BCUT2D eigenvalue weighted by molar-refractivity contribution is 7.84. The molecule has 0 saturated heterocycles. The molecule has 0 fully saturated rings. The number of nitrogens with one attached hydrogen (secondary N) is 2. The molecule has 0 amide bonds. The molecule has 0 radical (unpaired) electrons.